The van der Waals surface area contributed by atoms with Gasteiger partial charge in [0.1, 0.15) is 0 Å². The molecule has 0 aromatic carbocycles. The van der Waals surface area contributed by atoms with Gasteiger partial charge in [0.05, 0.1) is 11.5 Å². The summed E-state index contributed by atoms with van der Waals surface area (Å²) in [4.78, 5) is 12.6. The summed E-state index contributed by atoms with van der Waals surface area (Å²) in [6.45, 7) is 3.09. The Kier molecular flexibility index (Phi) is 4.69. The largest absolute Gasteiger partial charge is 0.479 e. The predicted octanol–water partition coefficient (Wildman–Crippen LogP) is -0.793. The monoisotopic (exact) mass is 251 g/mol. The van der Waals surface area contributed by atoms with E-state index in [1.165, 1.54) is 0 Å². The van der Waals surface area contributed by atoms with Crippen LogP contribution in [0.3, 0.4) is 0 Å². The number of carbonyl (C=O) groups is 1. The van der Waals surface area contributed by atoms with Gasteiger partial charge in [-0.25, -0.2) is 13.2 Å². The number of rotatable bonds is 5. The van der Waals surface area contributed by atoms with Gasteiger partial charge in [-0.1, -0.05) is 0 Å². The van der Waals surface area contributed by atoms with Gasteiger partial charge in [-0.3, -0.25) is 4.90 Å². The van der Waals surface area contributed by atoms with Crippen LogP contribution in [-0.4, -0.2) is 68.2 Å². The van der Waals surface area contributed by atoms with Crippen LogP contribution in [0.4, 0.5) is 0 Å². The number of carboxylic acid groups (broad SMARTS) is 1. The molecule has 1 rings (SSSR count). The van der Waals surface area contributed by atoms with E-state index in [2.05, 4.69) is 0 Å². The fourth-order valence-corrected chi connectivity index (χ4v) is 2.85. The van der Waals surface area contributed by atoms with Crippen LogP contribution >= 0.6 is 0 Å². The third-order valence-corrected chi connectivity index (χ3v) is 4.11. The van der Waals surface area contributed by atoms with E-state index in [-0.39, 0.29) is 18.1 Å². The average molecular weight is 251 g/mol. The van der Waals surface area contributed by atoms with Crippen LogP contribution in [0.2, 0.25) is 0 Å². The van der Waals surface area contributed by atoms with E-state index >= 15 is 0 Å². The lowest BCUT2D eigenvalue weighted by molar-refractivity contribution is -0.151. The Hall–Kier alpha value is -0.660. The first-order valence-corrected chi connectivity index (χ1v) is 7.04. The molecule has 1 unspecified atom stereocenters. The molecule has 1 saturated heterocycles. The highest BCUT2D eigenvalue weighted by Crippen LogP contribution is 2.06. The van der Waals surface area contributed by atoms with Crippen molar-refractivity contribution in [1.29, 1.82) is 0 Å². The molecule has 0 aromatic heterocycles. The highest BCUT2D eigenvalue weighted by molar-refractivity contribution is 7.91. The highest BCUT2D eigenvalue weighted by atomic mass is 32.2. The Balaban J connectivity index is 2.45. The molecular formula is C9H17NO5S. The maximum absolute atomic E-state index is 11.2. The molecule has 0 aliphatic carbocycles. The summed E-state index contributed by atoms with van der Waals surface area (Å²) in [7, 11) is -2.91. The summed E-state index contributed by atoms with van der Waals surface area (Å²) in [5.74, 6) is -0.799. The number of carboxylic acids is 1. The minimum Gasteiger partial charge on any atom is -0.479 e. The first kappa shape index (κ1) is 13.4. The van der Waals surface area contributed by atoms with Crippen LogP contribution < -0.4 is 0 Å². The van der Waals surface area contributed by atoms with Crippen molar-refractivity contribution in [2.75, 3.05) is 37.7 Å². The van der Waals surface area contributed by atoms with Gasteiger partial charge in [0.25, 0.3) is 0 Å². The van der Waals surface area contributed by atoms with E-state index in [9.17, 15) is 13.2 Å². The SMILES string of the molecule is CCOC(CN1CCS(=O)(=O)CC1)C(=O)O. The van der Waals surface area contributed by atoms with Crippen molar-refractivity contribution >= 4 is 15.8 Å². The topological polar surface area (TPSA) is 83.9 Å². The predicted molar refractivity (Wildman–Crippen MR) is 58.1 cm³/mol. The van der Waals surface area contributed by atoms with Gasteiger partial charge in [-0.2, -0.15) is 0 Å². The molecule has 94 valence electrons. The van der Waals surface area contributed by atoms with Crippen molar-refractivity contribution in [2.45, 2.75) is 13.0 Å². The Bertz CT molecular complexity index is 326. The molecule has 0 aromatic rings. The summed E-state index contributed by atoms with van der Waals surface area (Å²) < 4.78 is 27.4. The molecule has 1 aliphatic heterocycles. The van der Waals surface area contributed by atoms with Gasteiger partial charge >= 0.3 is 5.97 Å². The molecule has 1 atom stereocenters. The molecule has 0 saturated carbocycles. The second-order valence-corrected chi connectivity index (χ2v) is 6.04. The van der Waals surface area contributed by atoms with Crippen molar-refractivity contribution in [3.8, 4) is 0 Å². The number of aliphatic carboxylic acids is 1. The molecule has 1 heterocycles. The van der Waals surface area contributed by atoms with Gasteiger partial charge in [0.15, 0.2) is 15.9 Å². The fraction of sp³-hybridized carbons (Fsp3) is 0.889. The summed E-state index contributed by atoms with van der Waals surface area (Å²) in [5, 5.41) is 8.87. The first-order valence-electron chi connectivity index (χ1n) is 5.22. The molecule has 1 fully saturated rings. The molecule has 16 heavy (non-hydrogen) atoms. The molecule has 0 amide bonds. The van der Waals surface area contributed by atoms with Gasteiger partial charge in [0, 0.05) is 26.2 Å². The average Bonchev–Trinajstić information content (AvgIpc) is 2.20. The van der Waals surface area contributed by atoms with Crippen LogP contribution in [0.15, 0.2) is 0 Å². The van der Waals surface area contributed by atoms with Crippen molar-refractivity contribution in [3.63, 3.8) is 0 Å². The number of ether oxygens (including phenoxy) is 1. The smallest absolute Gasteiger partial charge is 0.334 e. The Labute approximate surface area is 95.1 Å². The fourth-order valence-electron chi connectivity index (χ4n) is 1.57. The lowest BCUT2D eigenvalue weighted by atomic mass is 10.3. The lowest BCUT2D eigenvalue weighted by Crippen LogP contribution is -2.46. The Morgan fingerprint density at radius 2 is 2.00 bits per heavy atom. The van der Waals surface area contributed by atoms with E-state index in [1.807, 2.05) is 4.90 Å². The Morgan fingerprint density at radius 3 is 2.44 bits per heavy atom. The third kappa shape index (κ3) is 4.07. The third-order valence-electron chi connectivity index (χ3n) is 2.50. The van der Waals surface area contributed by atoms with Gasteiger partial charge < -0.3 is 9.84 Å². The molecule has 1 aliphatic rings. The second kappa shape index (κ2) is 5.60. The van der Waals surface area contributed by atoms with Gasteiger partial charge in [0.2, 0.25) is 0 Å². The first-order chi connectivity index (χ1) is 7.44. The molecule has 0 spiro atoms. The quantitative estimate of drug-likeness (QED) is 0.689. The molecule has 7 heteroatoms. The van der Waals surface area contributed by atoms with E-state index in [4.69, 9.17) is 9.84 Å². The summed E-state index contributed by atoms with van der Waals surface area (Å²) >= 11 is 0. The van der Waals surface area contributed by atoms with Crippen LogP contribution in [-0.2, 0) is 19.4 Å². The summed E-state index contributed by atoms with van der Waals surface area (Å²) in [6.07, 6.45) is -0.870. The Morgan fingerprint density at radius 1 is 1.44 bits per heavy atom. The number of nitrogens with zero attached hydrogens (tertiary/aromatic N) is 1. The van der Waals surface area contributed by atoms with Crippen molar-refractivity contribution < 1.29 is 23.1 Å². The molecule has 6 nitrogen and oxygen atoms in total. The van der Waals surface area contributed by atoms with Crippen molar-refractivity contribution in [2.24, 2.45) is 0 Å². The van der Waals surface area contributed by atoms with E-state index in [0.717, 1.165) is 0 Å². The number of hydrogen-bond donors (Lipinski definition) is 1. The molecule has 0 radical (unpaired) electrons. The lowest BCUT2D eigenvalue weighted by Gasteiger charge is -2.28. The maximum Gasteiger partial charge on any atom is 0.334 e. The van der Waals surface area contributed by atoms with Crippen LogP contribution in [0, 0.1) is 0 Å². The van der Waals surface area contributed by atoms with Crippen molar-refractivity contribution in [3.05, 3.63) is 0 Å². The summed E-state index contributed by atoms with van der Waals surface area (Å²) in [6, 6.07) is 0. The van der Waals surface area contributed by atoms with Crippen LogP contribution in [0.5, 0.6) is 0 Å². The minimum atomic E-state index is -2.91. The zero-order chi connectivity index (χ0) is 12.2. The van der Waals surface area contributed by atoms with E-state index in [0.29, 0.717) is 19.7 Å². The summed E-state index contributed by atoms with van der Waals surface area (Å²) in [5.41, 5.74) is 0. The minimum absolute atomic E-state index is 0.103. The molecule has 0 bridgehead atoms. The zero-order valence-electron chi connectivity index (χ0n) is 9.26. The highest BCUT2D eigenvalue weighted by Gasteiger charge is 2.26. The van der Waals surface area contributed by atoms with Crippen molar-refractivity contribution in [1.82, 2.24) is 4.90 Å². The normalized spacial score (nSPS) is 22.8. The van der Waals surface area contributed by atoms with E-state index < -0.39 is 21.9 Å². The van der Waals surface area contributed by atoms with Gasteiger partial charge in [-0.05, 0) is 6.92 Å². The van der Waals surface area contributed by atoms with Crippen LogP contribution in [0.1, 0.15) is 6.92 Å². The standard InChI is InChI=1S/C9H17NO5S/c1-2-15-8(9(11)12)7-10-3-5-16(13,14)6-4-10/h8H,2-7H2,1H3,(H,11,12). The number of sulfone groups is 1. The zero-order valence-corrected chi connectivity index (χ0v) is 10.1. The van der Waals surface area contributed by atoms with E-state index in [1.54, 1.807) is 6.92 Å². The maximum atomic E-state index is 11.2. The van der Waals surface area contributed by atoms with Gasteiger partial charge in [-0.15, -0.1) is 0 Å². The molecule has 1 N–H and O–H groups in total. The second-order valence-electron chi connectivity index (χ2n) is 3.73. The molecular weight excluding hydrogens is 234 g/mol. The number of hydrogen-bond acceptors (Lipinski definition) is 5. The van der Waals surface area contributed by atoms with Crippen LogP contribution in [0.25, 0.3) is 0 Å².